The van der Waals surface area contributed by atoms with Gasteiger partial charge in [-0.05, 0) is 47.9 Å². The van der Waals surface area contributed by atoms with Gasteiger partial charge in [-0.3, -0.25) is 4.79 Å². The highest BCUT2D eigenvalue weighted by molar-refractivity contribution is 5.88. The zero-order valence-corrected chi connectivity index (χ0v) is 12.8. The van der Waals surface area contributed by atoms with Crippen molar-refractivity contribution in [3.63, 3.8) is 0 Å². The Bertz CT molecular complexity index is 664. The van der Waals surface area contributed by atoms with Gasteiger partial charge in [0.05, 0.1) is 12.1 Å². The molecule has 0 saturated heterocycles. The number of rotatable bonds is 6. The van der Waals surface area contributed by atoms with Crippen LogP contribution in [0.3, 0.4) is 0 Å². The Hall–Kier alpha value is -2.28. The molecule has 7 nitrogen and oxygen atoms in total. The first-order chi connectivity index (χ1) is 10.6. The molecule has 1 amide bonds. The van der Waals surface area contributed by atoms with E-state index in [1.165, 1.54) is 6.92 Å². The van der Waals surface area contributed by atoms with Gasteiger partial charge in [0.1, 0.15) is 0 Å². The lowest BCUT2D eigenvalue weighted by molar-refractivity contribution is -0.114. The average Bonchev–Trinajstić information content (AvgIpc) is 3.21. The fourth-order valence-corrected chi connectivity index (χ4v) is 2.39. The van der Waals surface area contributed by atoms with E-state index in [-0.39, 0.29) is 11.9 Å². The molecule has 116 valence electrons. The number of carbonyl (C=O) groups is 1. The van der Waals surface area contributed by atoms with Crippen LogP contribution in [0.15, 0.2) is 24.3 Å². The topological polar surface area (TPSA) is 84.7 Å². The Morgan fingerprint density at radius 1 is 1.45 bits per heavy atom. The van der Waals surface area contributed by atoms with Gasteiger partial charge in [-0.1, -0.05) is 12.1 Å². The number of nitrogens with one attached hydrogen (secondary N) is 2. The van der Waals surface area contributed by atoms with Crippen molar-refractivity contribution in [2.75, 3.05) is 5.32 Å². The Kier molecular flexibility index (Phi) is 4.15. The van der Waals surface area contributed by atoms with E-state index in [4.69, 9.17) is 0 Å². The average molecular weight is 300 g/mol. The fourth-order valence-electron chi connectivity index (χ4n) is 2.39. The van der Waals surface area contributed by atoms with Crippen molar-refractivity contribution in [3.05, 3.63) is 35.7 Å². The number of benzene rings is 1. The molecule has 0 aliphatic heterocycles. The van der Waals surface area contributed by atoms with E-state index >= 15 is 0 Å². The lowest BCUT2D eigenvalue weighted by Crippen LogP contribution is -2.22. The third kappa shape index (κ3) is 3.48. The predicted octanol–water partition coefficient (Wildman–Crippen LogP) is 1.82. The summed E-state index contributed by atoms with van der Waals surface area (Å²) in [6.07, 6.45) is 2.31. The molecular weight excluding hydrogens is 280 g/mol. The maximum atomic E-state index is 11.1. The first-order valence-electron chi connectivity index (χ1n) is 7.51. The van der Waals surface area contributed by atoms with Gasteiger partial charge in [0.15, 0.2) is 5.82 Å². The highest BCUT2D eigenvalue weighted by Crippen LogP contribution is 2.35. The number of hydrogen-bond donors (Lipinski definition) is 2. The monoisotopic (exact) mass is 300 g/mol. The van der Waals surface area contributed by atoms with Gasteiger partial charge >= 0.3 is 0 Å². The fraction of sp³-hybridized carbons (Fsp3) is 0.467. The summed E-state index contributed by atoms with van der Waals surface area (Å²) in [6.45, 7) is 4.25. The van der Waals surface area contributed by atoms with E-state index < -0.39 is 0 Å². The number of hydrogen-bond acceptors (Lipinski definition) is 5. The van der Waals surface area contributed by atoms with E-state index in [0.29, 0.717) is 12.6 Å². The van der Waals surface area contributed by atoms with Gasteiger partial charge in [-0.2, -0.15) is 0 Å². The van der Waals surface area contributed by atoms with Gasteiger partial charge in [-0.15, -0.1) is 5.10 Å². The second-order valence-corrected chi connectivity index (χ2v) is 5.70. The number of nitrogens with zero attached hydrogens (tertiary/aromatic N) is 4. The first-order valence-corrected chi connectivity index (χ1v) is 7.51. The summed E-state index contributed by atoms with van der Waals surface area (Å²) in [5.74, 6) is 0.808. The molecule has 1 saturated carbocycles. The third-order valence-corrected chi connectivity index (χ3v) is 3.66. The Labute approximate surface area is 129 Å². The minimum absolute atomic E-state index is 0.0675. The maximum absolute atomic E-state index is 11.1. The number of anilines is 1. The Balaban J connectivity index is 1.62. The molecule has 3 rings (SSSR count). The van der Waals surface area contributed by atoms with E-state index in [2.05, 4.69) is 33.1 Å². The zero-order valence-electron chi connectivity index (χ0n) is 12.8. The molecule has 0 spiro atoms. The molecule has 1 aliphatic carbocycles. The van der Waals surface area contributed by atoms with Crippen molar-refractivity contribution < 1.29 is 4.79 Å². The molecule has 1 aromatic carbocycles. The van der Waals surface area contributed by atoms with Crippen LogP contribution in [-0.4, -0.2) is 26.1 Å². The smallest absolute Gasteiger partial charge is 0.221 e. The minimum atomic E-state index is -0.0675. The third-order valence-electron chi connectivity index (χ3n) is 3.66. The molecule has 1 fully saturated rings. The van der Waals surface area contributed by atoms with Crippen molar-refractivity contribution >= 4 is 11.6 Å². The van der Waals surface area contributed by atoms with Crippen LogP contribution in [0.25, 0.3) is 0 Å². The molecule has 1 heterocycles. The van der Waals surface area contributed by atoms with Crippen LogP contribution in [0.4, 0.5) is 5.69 Å². The summed E-state index contributed by atoms with van der Waals surface area (Å²) < 4.78 is 1.92. The second-order valence-electron chi connectivity index (χ2n) is 5.70. The number of carbonyl (C=O) groups excluding carboxylic acids is 1. The summed E-state index contributed by atoms with van der Waals surface area (Å²) in [6, 6.07) is 8.33. The van der Waals surface area contributed by atoms with Crippen molar-refractivity contribution in [3.8, 4) is 0 Å². The van der Waals surface area contributed by atoms with E-state index in [1.54, 1.807) is 0 Å². The normalized spacial score (nSPS) is 15.5. The summed E-state index contributed by atoms with van der Waals surface area (Å²) in [4.78, 5) is 11.1. The molecule has 22 heavy (non-hydrogen) atoms. The summed E-state index contributed by atoms with van der Waals surface area (Å²) in [5, 5.41) is 18.2. The second kappa shape index (κ2) is 6.23. The molecule has 1 aliphatic rings. The highest BCUT2D eigenvalue weighted by Gasteiger charge is 2.29. The van der Waals surface area contributed by atoms with Crippen LogP contribution < -0.4 is 10.6 Å². The van der Waals surface area contributed by atoms with E-state index in [9.17, 15) is 4.79 Å². The van der Waals surface area contributed by atoms with Crippen LogP contribution in [0.2, 0.25) is 0 Å². The molecule has 1 aromatic heterocycles. The van der Waals surface area contributed by atoms with Crippen LogP contribution in [0, 0.1) is 0 Å². The van der Waals surface area contributed by atoms with Crippen molar-refractivity contribution in [2.24, 2.45) is 0 Å². The van der Waals surface area contributed by atoms with Crippen LogP contribution in [-0.2, 0) is 11.3 Å². The molecule has 7 heteroatoms. The highest BCUT2D eigenvalue weighted by atomic mass is 16.1. The Morgan fingerprint density at radius 2 is 2.27 bits per heavy atom. The molecule has 2 N–H and O–H groups in total. The summed E-state index contributed by atoms with van der Waals surface area (Å²) in [5.41, 5.74) is 1.91. The predicted molar refractivity (Wildman–Crippen MR) is 82.1 cm³/mol. The van der Waals surface area contributed by atoms with Crippen molar-refractivity contribution in [2.45, 2.75) is 45.3 Å². The van der Waals surface area contributed by atoms with Crippen molar-refractivity contribution in [1.29, 1.82) is 0 Å². The van der Waals surface area contributed by atoms with Crippen molar-refractivity contribution in [1.82, 2.24) is 25.5 Å². The molecule has 0 unspecified atom stereocenters. The van der Waals surface area contributed by atoms with Gasteiger partial charge in [0.25, 0.3) is 0 Å². The molecule has 0 bridgehead atoms. The molecular formula is C15H20N6O. The van der Waals surface area contributed by atoms with Gasteiger partial charge in [-0.25, -0.2) is 4.68 Å². The lowest BCUT2D eigenvalue weighted by Gasteiger charge is -2.14. The molecule has 0 radical (unpaired) electrons. The van der Waals surface area contributed by atoms with E-state index in [1.807, 2.05) is 28.9 Å². The first kappa shape index (κ1) is 14.6. The maximum Gasteiger partial charge on any atom is 0.221 e. The van der Waals surface area contributed by atoms with Crippen LogP contribution >= 0.6 is 0 Å². The zero-order chi connectivity index (χ0) is 15.5. The molecule has 1 atom stereocenters. The summed E-state index contributed by atoms with van der Waals surface area (Å²) >= 11 is 0. The summed E-state index contributed by atoms with van der Waals surface area (Å²) in [7, 11) is 0. The minimum Gasteiger partial charge on any atom is -0.326 e. The molecule has 2 aromatic rings. The lowest BCUT2D eigenvalue weighted by atomic mass is 10.2. The van der Waals surface area contributed by atoms with Crippen LogP contribution in [0.1, 0.15) is 50.2 Å². The Morgan fingerprint density at radius 3 is 3.00 bits per heavy atom. The van der Waals surface area contributed by atoms with Gasteiger partial charge in [0, 0.05) is 19.2 Å². The van der Waals surface area contributed by atoms with Gasteiger partial charge in [0.2, 0.25) is 5.91 Å². The standard InChI is InChI=1S/C15H20N6O/c1-10(15-18-19-20-21(15)14-6-7-14)16-9-12-4-3-5-13(8-12)17-11(2)22/h3-5,8,10,14,16H,6-7,9H2,1-2H3,(H,17,22)/t10-/m1/s1. The van der Waals surface area contributed by atoms with Crippen LogP contribution in [0.5, 0.6) is 0 Å². The SMILES string of the molecule is CC(=O)Nc1cccc(CN[C@H](C)c2nnnn2C2CC2)c1. The number of tetrazole rings is 1. The van der Waals surface area contributed by atoms with E-state index in [0.717, 1.165) is 29.9 Å². The number of amides is 1. The largest absolute Gasteiger partial charge is 0.326 e. The van der Waals surface area contributed by atoms with Gasteiger partial charge < -0.3 is 10.6 Å². The quantitative estimate of drug-likeness (QED) is 0.850. The number of aromatic nitrogens is 4.